The maximum atomic E-state index is 10.9. The highest BCUT2D eigenvalue weighted by Crippen LogP contribution is 2.01. The number of rotatable bonds is 0. The topological polar surface area (TPSA) is 64.8 Å². The van der Waals surface area contributed by atoms with Crippen molar-refractivity contribution in [3.8, 4) is 0 Å². The maximum absolute atomic E-state index is 10.9. The molecule has 0 aliphatic carbocycles. The molecule has 5 nitrogen and oxygen atoms in total. The summed E-state index contributed by atoms with van der Waals surface area (Å²) in [6.45, 7) is 1.45. The van der Waals surface area contributed by atoms with E-state index in [1.165, 1.54) is 12.0 Å². The molecule has 2 N–H and O–H groups in total. The molecule has 64 valence electrons. The first-order valence-electron chi connectivity index (χ1n) is 3.44. The van der Waals surface area contributed by atoms with Crippen LogP contribution >= 0.6 is 0 Å². The molecule has 0 aromatic carbocycles. The Hall–Kier alpha value is -0.810. The molecule has 0 aromatic rings. The van der Waals surface area contributed by atoms with Gasteiger partial charge in [-0.15, -0.1) is 0 Å². The number of nitrogens with two attached hydrogens (primary N) is 1. The van der Waals surface area contributed by atoms with Crippen LogP contribution in [0.5, 0.6) is 0 Å². The third-order valence-corrected chi connectivity index (χ3v) is 1.53. The molecule has 0 radical (unpaired) electrons. The Morgan fingerprint density at radius 1 is 1.82 bits per heavy atom. The Morgan fingerprint density at radius 2 is 2.55 bits per heavy atom. The summed E-state index contributed by atoms with van der Waals surface area (Å²) in [4.78, 5) is 12.4. The highest BCUT2D eigenvalue weighted by Gasteiger charge is 2.21. The smallest absolute Gasteiger partial charge is 0.409 e. The predicted molar refractivity (Wildman–Crippen MR) is 37.9 cm³/mol. The molecule has 5 heteroatoms. The molecule has 1 rings (SSSR count). The van der Waals surface area contributed by atoms with E-state index in [-0.39, 0.29) is 12.3 Å². The standard InChI is InChI=1S/C6H12N2O3/c1-10-6(9)8-2-3-11-5(7)4-8/h5H,2-4,7H2,1H3. The Bertz CT molecular complexity index is 151. The molecule has 1 aliphatic heterocycles. The minimum atomic E-state index is -0.372. The molecule has 1 heterocycles. The van der Waals surface area contributed by atoms with E-state index in [4.69, 9.17) is 10.5 Å². The minimum absolute atomic E-state index is 0.344. The quantitative estimate of drug-likeness (QED) is 0.512. The Labute approximate surface area is 65.0 Å². The van der Waals surface area contributed by atoms with Crippen LogP contribution in [0.25, 0.3) is 0 Å². The van der Waals surface area contributed by atoms with Crippen molar-refractivity contribution >= 4 is 6.09 Å². The van der Waals surface area contributed by atoms with E-state index in [0.29, 0.717) is 19.7 Å². The summed E-state index contributed by atoms with van der Waals surface area (Å²) in [5.41, 5.74) is 5.45. The van der Waals surface area contributed by atoms with E-state index >= 15 is 0 Å². The fraction of sp³-hybridized carbons (Fsp3) is 0.833. The molecule has 1 unspecified atom stereocenters. The van der Waals surface area contributed by atoms with Crippen molar-refractivity contribution in [2.45, 2.75) is 6.23 Å². The van der Waals surface area contributed by atoms with E-state index in [9.17, 15) is 4.79 Å². The largest absolute Gasteiger partial charge is 0.453 e. The second-order valence-corrected chi connectivity index (χ2v) is 2.33. The average molecular weight is 160 g/mol. The molecule has 11 heavy (non-hydrogen) atoms. The molecular formula is C6H12N2O3. The number of hydrogen-bond acceptors (Lipinski definition) is 4. The van der Waals surface area contributed by atoms with Crippen LogP contribution in [0, 0.1) is 0 Å². The summed E-state index contributed by atoms with van der Waals surface area (Å²) in [5.74, 6) is 0. The van der Waals surface area contributed by atoms with Gasteiger partial charge in [-0.25, -0.2) is 4.79 Å². The van der Waals surface area contributed by atoms with Gasteiger partial charge in [0.2, 0.25) is 0 Å². The fourth-order valence-corrected chi connectivity index (χ4v) is 0.970. The van der Waals surface area contributed by atoms with E-state index in [2.05, 4.69) is 4.74 Å². The van der Waals surface area contributed by atoms with Crippen molar-refractivity contribution in [2.75, 3.05) is 26.8 Å². The summed E-state index contributed by atoms with van der Waals surface area (Å²) in [6, 6.07) is 0. The van der Waals surface area contributed by atoms with Gasteiger partial charge in [0.25, 0.3) is 0 Å². The number of morpholine rings is 1. The van der Waals surface area contributed by atoms with Gasteiger partial charge in [0.15, 0.2) is 0 Å². The van der Waals surface area contributed by atoms with E-state index in [1.54, 1.807) is 0 Å². The minimum Gasteiger partial charge on any atom is -0.453 e. The average Bonchev–Trinajstić information content (AvgIpc) is 2.03. The van der Waals surface area contributed by atoms with Gasteiger partial charge >= 0.3 is 6.09 Å². The Morgan fingerprint density at radius 3 is 3.09 bits per heavy atom. The zero-order chi connectivity index (χ0) is 8.27. The fourth-order valence-electron chi connectivity index (χ4n) is 0.970. The van der Waals surface area contributed by atoms with Gasteiger partial charge < -0.3 is 20.1 Å². The summed E-state index contributed by atoms with van der Waals surface area (Å²) >= 11 is 0. The monoisotopic (exact) mass is 160 g/mol. The lowest BCUT2D eigenvalue weighted by molar-refractivity contribution is -0.0209. The van der Waals surface area contributed by atoms with Crippen molar-refractivity contribution in [1.82, 2.24) is 4.90 Å². The van der Waals surface area contributed by atoms with Crippen LogP contribution in [0.1, 0.15) is 0 Å². The first-order valence-corrected chi connectivity index (χ1v) is 3.44. The molecule has 0 bridgehead atoms. The maximum Gasteiger partial charge on any atom is 0.409 e. The molecule has 1 fully saturated rings. The highest BCUT2D eigenvalue weighted by atomic mass is 16.5. The number of ether oxygens (including phenoxy) is 2. The summed E-state index contributed by atoms with van der Waals surface area (Å²) in [7, 11) is 1.35. The van der Waals surface area contributed by atoms with Crippen LogP contribution in [-0.2, 0) is 9.47 Å². The van der Waals surface area contributed by atoms with Crippen LogP contribution in [-0.4, -0.2) is 44.0 Å². The highest BCUT2D eigenvalue weighted by molar-refractivity contribution is 5.67. The molecule has 0 spiro atoms. The van der Waals surface area contributed by atoms with Gasteiger partial charge in [-0.05, 0) is 0 Å². The molecule has 0 aromatic heterocycles. The summed E-state index contributed by atoms with van der Waals surface area (Å²) in [5, 5.41) is 0. The van der Waals surface area contributed by atoms with Crippen LogP contribution in [0.2, 0.25) is 0 Å². The number of hydrogen-bond donors (Lipinski definition) is 1. The van der Waals surface area contributed by atoms with Crippen molar-refractivity contribution in [3.05, 3.63) is 0 Å². The second kappa shape index (κ2) is 3.54. The summed E-state index contributed by atoms with van der Waals surface area (Å²) in [6.07, 6.45) is -0.716. The van der Waals surface area contributed by atoms with E-state index in [1.807, 2.05) is 0 Å². The van der Waals surface area contributed by atoms with Gasteiger partial charge in [0.05, 0.1) is 20.3 Å². The molecular weight excluding hydrogens is 148 g/mol. The molecule has 1 saturated heterocycles. The van der Waals surface area contributed by atoms with Crippen LogP contribution in [0.4, 0.5) is 4.79 Å². The van der Waals surface area contributed by atoms with Gasteiger partial charge in [-0.3, -0.25) is 0 Å². The lowest BCUT2D eigenvalue weighted by atomic mass is 10.4. The Balaban J connectivity index is 2.39. The van der Waals surface area contributed by atoms with Gasteiger partial charge in [0, 0.05) is 6.54 Å². The van der Waals surface area contributed by atoms with Gasteiger partial charge in [0.1, 0.15) is 6.23 Å². The van der Waals surface area contributed by atoms with Crippen molar-refractivity contribution in [2.24, 2.45) is 5.73 Å². The first kappa shape index (κ1) is 8.29. The van der Waals surface area contributed by atoms with Crippen LogP contribution in [0.15, 0.2) is 0 Å². The molecule has 1 atom stereocenters. The first-order chi connectivity index (χ1) is 5.24. The number of carbonyl (C=O) groups is 1. The normalized spacial score (nSPS) is 24.9. The molecule has 1 aliphatic rings. The number of methoxy groups -OCH3 is 1. The van der Waals surface area contributed by atoms with Crippen molar-refractivity contribution in [1.29, 1.82) is 0 Å². The third-order valence-electron chi connectivity index (χ3n) is 1.53. The lowest BCUT2D eigenvalue weighted by Crippen LogP contribution is -2.49. The van der Waals surface area contributed by atoms with Crippen LogP contribution in [0.3, 0.4) is 0 Å². The van der Waals surface area contributed by atoms with E-state index < -0.39 is 0 Å². The zero-order valence-electron chi connectivity index (χ0n) is 6.45. The number of nitrogens with zero attached hydrogens (tertiary/aromatic N) is 1. The SMILES string of the molecule is COC(=O)N1CCOC(N)C1. The van der Waals surface area contributed by atoms with Gasteiger partial charge in [-0.2, -0.15) is 0 Å². The lowest BCUT2D eigenvalue weighted by Gasteiger charge is -2.29. The van der Waals surface area contributed by atoms with Crippen molar-refractivity contribution < 1.29 is 14.3 Å². The van der Waals surface area contributed by atoms with Gasteiger partial charge in [-0.1, -0.05) is 0 Å². The second-order valence-electron chi connectivity index (χ2n) is 2.33. The summed E-state index contributed by atoms with van der Waals surface area (Å²) < 4.78 is 9.54. The predicted octanol–water partition coefficient (Wildman–Crippen LogP) is -0.630. The molecule has 1 amide bonds. The third kappa shape index (κ3) is 2.06. The number of carbonyl (C=O) groups excluding carboxylic acids is 1. The number of amides is 1. The van der Waals surface area contributed by atoms with Crippen molar-refractivity contribution in [3.63, 3.8) is 0 Å². The zero-order valence-corrected chi connectivity index (χ0v) is 6.45. The van der Waals surface area contributed by atoms with E-state index in [0.717, 1.165) is 0 Å². The Kier molecular flexibility index (Phi) is 2.67. The molecule has 0 saturated carbocycles. The van der Waals surface area contributed by atoms with Crippen LogP contribution < -0.4 is 5.73 Å².